The highest BCUT2D eigenvalue weighted by Gasteiger charge is 2.35. The first kappa shape index (κ1) is 24.0. The highest BCUT2D eigenvalue weighted by molar-refractivity contribution is 7.89. The lowest BCUT2D eigenvalue weighted by Gasteiger charge is -2.32. The first-order valence-corrected chi connectivity index (χ1v) is 11.3. The van der Waals surface area contributed by atoms with E-state index in [9.17, 15) is 30.8 Å². The molecule has 1 saturated heterocycles. The van der Waals surface area contributed by atoms with Crippen LogP contribution in [0, 0.1) is 5.82 Å². The number of hydrogen-bond acceptors (Lipinski definition) is 4. The monoisotopic (exact) mass is 474 g/mol. The summed E-state index contributed by atoms with van der Waals surface area (Å²) in [4.78, 5) is 12.4. The second-order valence-electron chi connectivity index (χ2n) is 7.47. The summed E-state index contributed by atoms with van der Waals surface area (Å²) in [7, 11) is -2.69. The van der Waals surface area contributed by atoms with E-state index >= 15 is 0 Å². The maximum absolute atomic E-state index is 13.5. The summed E-state index contributed by atoms with van der Waals surface area (Å²) in [6.07, 6.45) is -2.62. The SMILES string of the molecule is COc1ccc(C(=O)Nc2ccc(F)c(C(F)(F)F)c2)cc1S(=O)(=O)N1CCCCC1C. The van der Waals surface area contributed by atoms with Gasteiger partial charge in [-0.1, -0.05) is 6.42 Å². The molecule has 1 atom stereocenters. The Kier molecular flexibility index (Phi) is 6.80. The molecular weight excluding hydrogens is 452 g/mol. The molecule has 2 aromatic carbocycles. The topological polar surface area (TPSA) is 75.7 Å². The van der Waals surface area contributed by atoms with E-state index in [0.29, 0.717) is 31.5 Å². The third-order valence-electron chi connectivity index (χ3n) is 5.28. The molecule has 0 aromatic heterocycles. The number of rotatable bonds is 5. The van der Waals surface area contributed by atoms with Crippen LogP contribution in [0.4, 0.5) is 23.2 Å². The molecule has 0 aliphatic carbocycles. The van der Waals surface area contributed by atoms with Crippen molar-refractivity contribution < 1.29 is 35.5 Å². The van der Waals surface area contributed by atoms with Crippen molar-refractivity contribution in [2.45, 2.75) is 43.3 Å². The minimum Gasteiger partial charge on any atom is -0.495 e. The van der Waals surface area contributed by atoms with E-state index in [-0.39, 0.29) is 27.9 Å². The summed E-state index contributed by atoms with van der Waals surface area (Å²) in [5.74, 6) is -2.28. The minimum absolute atomic E-state index is 0.0421. The van der Waals surface area contributed by atoms with Gasteiger partial charge in [-0.25, -0.2) is 12.8 Å². The first-order valence-electron chi connectivity index (χ1n) is 9.83. The molecule has 1 aliphatic rings. The van der Waals surface area contributed by atoms with Gasteiger partial charge >= 0.3 is 6.18 Å². The van der Waals surface area contributed by atoms with Crippen LogP contribution >= 0.6 is 0 Å². The third kappa shape index (κ3) is 4.88. The van der Waals surface area contributed by atoms with Crippen LogP contribution < -0.4 is 10.1 Å². The zero-order valence-electron chi connectivity index (χ0n) is 17.4. The number of anilines is 1. The standard InChI is InChI=1S/C21H22F4N2O4S/c1-13-5-3-4-10-27(13)32(29,30)19-11-14(6-9-18(19)31-2)20(28)26-15-7-8-17(22)16(12-15)21(23,24)25/h6-9,11-13H,3-5,10H2,1-2H3,(H,26,28). The number of carbonyl (C=O) groups is 1. The maximum atomic E-state index is 13.5. The summed E-state index contributed by atoms with van der Waals surface area (Å²) in [6.45, 7) is 2.13. The van der Waals surface area contributed by atoms with E-state index in [1.54, 1.807) is 6.92 Å². The van der Waals surface area contributed by atoms with Gasteiger partial charge < -0.3 is 10.1 Å². The minimum atomic E-state index is -4.93. The summed E-state index contributed by atoms with van der Waals surface area (Å²) in [5, 5.41) is 2.25. The molecule has 0 bridgehead atoms. The lowest BCUT2D eigenvalue weighted by Crippen LogP contribution is -2.42. The Morgan fingerprint density at radius 1 is 1.16 bits per heavy atom. The number of hydrogen-bond donors (Lipinski definition) is 1. The number of sulfonamides is 1. The van der Waals surface area contributed by atoms with Gasteiger partial charge in [-0.05, 0) is 56.2 Å². The van der Waals surface area contributed by atoms with Gasteiger partial charge in [0.05, 0.1) is 12.7 Å². The molecule has 0 spiro atoms. The van der Waals surface area contributed by atoms with Crippen molar-refractivity contribution in [2.75, 3.05) is 19.0 Å². The molecular formula is C21H22F4N2O4S. The van der Waals surface area contributed by atoms with Gasteiger partial charge in [0, 0.05) is 23.8 Å². The van der Waals surface area contributed by atoms with Gasteiger partial charge in [-0.3, -0.25) is 4.79 Å². The Morgan fingerprint density at radius 3 is 2.50 bits per heavy atom. The van der Waals surface area contributed by atoms with Gasteiger partial charge in [-0.2, -0.15) is 17.5 Å². The molecule has 1 N–H and O–H groups in total. The fourth-order valence-electron chi connectivity index (χ4n) is 3.60. The van der Waals surface area contributed by atoms with Crippen molar-refractivity contribution in [3.63, 3.8) is 0 Å². The number of alkyl halides is 3. The molecule has 1 amide bonds. The predicted molar refractivity (Wildman–Crippen MR) is 110 cm³/mol. The van der Waals surface area contributed by atoms with Crippen molar-refractivity contribution in [3.8, 4) is 5.75 Å². The largest absolute Gasteiger partial charge is 0.495 e. The molecule has 6 nitrogen and oxygen atoms in total. The first-order chi connectivity index (χ1) is 14.9. The number of nitrogens with zero attached hydrogens (tertiary/aromatic N) is 1. The number of nitrogens with one attached hydrogen (secondary N) is 1. The van der Waals surface area contributed by atoms with Gasteiger partial charge in [0.2, 0.25) is 10.0 Å². The molecule has 2 aromatic rings. The quantitative estimate of drug-likeness (QED) is 0.640. The average molecular weight is 474 g/mol. The number of ether oxygens (including phenoxy) is 1. The van der Waals surface area contributed by atoms with Crippen LogP contribution in [0.1, 0.15) is 42.1 Å². The summed E-state index contributed by atoms with van der Waals surface area (Å²) in [6, 6.07) is 5.56. The molecule has 1 unspecified atom stereocenters. The lowest BCUT2D eigenvalue weighted by molar-refractivity contribution is -0.139. The molecule has 0 saturated carbocycles. The fourth-order valence-corrected chi connectivity index (χ4v) is 5.48. The van der Waals surface area contributed by atoms with Crippen molar-refractivity contribution in [1.82, 2.24) is 4.31 Å². The molecule has 174 valence electrons. The lowest BCUT2D eigenvalue weighted by atomic mass is 10.1. The predicted octanol–water partition coefficient (Wildman–Crippen LogP) is 4.67. The number of methoxy groups -OCH3 is 1. The van der Waals surface area contributed by atoms with Crippen LogP contribution in [-0.4, -0.2) is 38.3 Å². The highest BCUT2D eigenvalue weighted by Crippen LogP contribution is 2.34. The molecule has 3 rings (SSSR count). The van der Waals surface area contributed by atoms with Crippen LogP contribution in [0.15, 0.2) is 41.3 Å². The number of benzene rings is 2. The second kappa shape index (κ2) is 9.07. The Hall–Kier alpha value is -2.66. The zero-order chi connectivity index (χ0) is 23.7. The summed E-state index contributed by atoms with van der Waals surface area (Å²) >= 11 is 0. The Bertz CT molecular complexity index is 1120. The Morgan fingerprint density at radius 2 is 1.88 bits per heavy atom. The van der Waals surface area contributed by atoms with Gasteiger partial charge in [0.15, 0.2) is 0 Å². The fraction of sp³-hybridized carbons (Fsp3) is 0.381. The summed E-state index contributed by atoms with van der Waals surface area (Å²) < 4.78 is 85.3. The van der Waals surface area contributed by atoms with Crippen LogP contribution in [0.3, 0.4) is 0 Å². The Labute approximate surface area is 183 Å². The van der Waals surface area contributed by atoms with E-state index in [0.717, 1.165) is 18.6 Å². The van der Waals surface area contributed by atoms with Crippen LogP contribution in [0.25, 0.3) is 0 Å². The third-order valence-corrected chi connectivity index (χ3v) is 7.32. The van der Waals surface area contributed by atoms with E-state index in [1.807, 2.05) is 0 Å². The Balaban J connectivity index is 1.94. The van der Waals surface area contributed by atoms with Crippen molar-refractivity contribution in [2.24, 2.45) is 0 Å². The summed E-state index contributed by atoms with van der Waals surface area (Å²) in [5.41, 5.74) is -1.91. The van der Waals surface area contributed by atoms with Crippen LogP contribution in [0.5, 0.6) is 5.75 Å². The van der Waals surface area contributed by atoms with E-state index in [2.05, 4.69) is 5.32 Å². The van der Waals surface area contributed by atoms with E-state index in [4.69, 9.17) is 4.74 Å². The number of amides is 1. The number of halogens is 4. The van der Waals surface area contributed by atoms with Crippen LogP contribution in [-0.2, 0) is 16.2 Å². The normalized spacial score (nSPS) is 17.8. The van der Waals surface area contributed by atoms with Crippen molar-refractivity contribution in [1.29, 1.82) is 0 Å². The molecule has 1 heterocycles. The molecule has 1 aliphatic heterocycles. The van der Waals surface area contributed by atoms with E-state index < -0.39 is 33.5 Å². The van der Waals surface area contributed by atoms with Crippen LogP contribution in [0.2, 0.25) is 0 Å². The average Bonchev–Trinajstić information content (AvgIpc) is 2.74. The highest BCUT2D eigenvalue weighted by atomic mass is 32.2. The molecule has 1 fully saturated rings. The van der Waals surface area contributed by atoms with E-state index in [1.165, 1.54) is 23.5 Å². The number of carbonyl (C=O) groups excluding carboxylic acids is 1. The molecule has 0 radical (unpaired) electrons. The number of piperidine rings is 1. The van der Waals surface area contributed by atoms with Gasteiger partial charge in [-0.15, -0.1) is 0 Å². The van der Waals surface area contributed by atoms with Crippen molar-refractivity contribution in [3.05, 3.63) is 53.3 Å². The van der Waals surface area contributed by atoms with Gasteiger partial charge in [0.25, 0.3) is 5.91 Å². The smallest absolute Gasteiger partial charge is 0.419 e. The molecule has 32 heavy (non-hydrogen) atoms. The maximum Gasteiger partial charge on any atom is 0.419 e. The zero-order valence-corrected chi connectivity index (χ0v) is 18.2. The second-order valence-corrected chi connectivity index (χ2v) is 9.33. The van der Waals surface area contributed by atoms with Crippen molar-refractivity contribution >= 4 is 21.6 Å². The van der Waals surface area contributed by atoms with Gasteiger partial charge in [0.1, 0.15) is 16.5 Å². The molecule has 11 heteroatoms.